The number of aromatic nitrogens is 1. The lowest BCUT2D eigenvalue weighted by Crippen LogP contribution is -2.02. The molecule has 1 aromatic rings. The van der Waals surface area contributed by atoms with Crippen molar-refractivity contribution >= 4 is 22.6 Å². The fraction of sp³-hybridized carbons (Fsp3) is 0.231. The zero-order chi connectivity index (χ0) is 12.8. The van der Waals surface area contributed by atoms with E-state index in [1.807, 2.05) is 31.4 Å². The summed E-state index contributed by atoms with van der Waals surface area (Å²) in [5.74, 6) is -0.919. The number of hydrogen-bond donors (Lipinski definition) is 1. The molecule has 1 aromatic heterocycles. The van der Waals surface area contributed by atoms with Gasteiger partial charge in [-0.25, -0.2) is 4.79 Å². The summed E-state index contributed by atoms with van der Waals surface area (Å²) in [5.41, 5.74) is 1.67. The van der Waals surface area contributed by atoms with Crippen LogP contribution in [-0.2, 0) is 0 Å². The monoisotopic (exact) mass is 249 g/mol. The van der Waals surface area contributed by atoms with Crippen molar-refractivity contribution < 1.29 is 9.90 Å². The highest BCUT2D eigenvalue weighted by molar-refractivity contribution is 8.10. The predicted molar refractivity (Wildman–Crippen MR) is 72.0 cm³/mol. The Kier molecular flexibility index (Phi) is 4.97. The molecule has 4 heteroatoms. The molecule has 0 aliphatic heterocycles. The fourth-order valence-corrected chi connectivity index (χ4v) is 1.96. The van der Waals surface area contributed by atoms with Crippen LogP contribution in [0, 0.1) is 6.92 Å². The van der Waals surface area contributed by atoms with E-state index in [9.17, 15) is 4.79 Å². The summed E-state index contributed by atoms with van der Waals surface area (Å²) in [6, 6.07) is 1.61. The summed E-state index contributed by atoms with van der Waals surface area (Å²) >= 11 is 1.53. The van der Waals surface area contributed by atoms with E-state index in [2.05, 4.69) is 4.98 Å². The van der Waals surface area contributed by atoms with Crippen LogP contribution in [0.5, 0.6) is 0 Å². The van der Waals surface area contributed by atoms with E-state index in [1.165, 1.54) is 11.8 Å². The molecule has 0 unspecified atom stereocenters. The van der Waals surface area contributed by atoms with Gasteiger partial charge in [0, 0.05) is 11.1 Å². The van der Waals surface area contributed by atoms with Crippen molar-refractivity contribution in [1.29, 1.82) is 0 Å². The Hall–Kier alpha value is -1.55. The van der Waals surface area contributed by atoms with Crippen molar-refractivity contribution in [1.82, 2.24) is 4.98 Å². The molecule has 1 rings (SSSR count). The van der Waals surface area contributed by atoms with Gasteiger partial charge in [-0.05, 0) is 37.8 Å². The lowest BCUT2D eigenvalue weighted by molar-refractivity contribution is 0.0696. The smallest absolute Gasteiger partial charge is 0.336 e. The topological polar surface area (TPSA) is 50.2 Å². The molecule has 0 aliphatic rings. The maximum Gasteiger partial charge on any atom is 0.336 e. The molecule has 0 bridgehead atoms. The Morgan fingerprint density at radius 3 is 2.71 bits per heavy atom. The lowest BCUT2D eigenvalue weighted by Gasteiger charge is -2.06. The zero-order valence-corrected chi connectivity index (χ0v) is 10.9. The highest BCUT2D eigenvalue weighted by atomic mass is 32.2. The number of allylic oxidation sites excluding steroid dienone is 2. The first-order valence-electron chi connectivity index (χ1n) is 5.24. The Labute approximate surface area is 105 Å². The third-order valence-electron chi connectivity index (χ3n) is 2.18. The average Bonchev–Trinajstić information content (AvgIpc) is 2.31. The van der Waals surface area contributed by atoms with E-state index < -0.39 is 5.97 Å². The molecule has 0 atom stereocenters. The van der Waals surface area contributed by atoms with Crippen LogP contribution in [0.25, 0.3) is 4.91 Å². The molecule has 17 heavy (non-hydrogen) atoms. The molecule has 1 N–H and O–H groups in total. The van der Waals surface area contributed by atoms with E-state index in [4.69, 9.17) is 5.11 Å². The highest BCUT2D eigenvalue weighted by Crippen LogP contribution is 2.27. The Morgan fingerprint density at radius 1 is 1.47 bits per heavy atom. The average molecular weight is 249 g/mol. The maximum absolute atomic E-state index is 11.0. The van der Waals surface area contributed by atoms with Gasteiger partial charge in [-0.15, -0.1) is 0 Å². The zero-order valence-electron chi connectivity index (χ0n) is 10.1. The number of carbonyl (C=O) groups is 1. The summed E-state index contributed by atoms with van der Waals surface area (Å²) in [4.78, 5) is 16.2. The van der Waals surface area contributed by atoms with E-state index >= 15 is 0 Å². The molecule has 90 valence electrons. The van der Waals surface area contributed by atoms with Gasteiger partial charge >= 0.3 is 5.97 Å². The Bertz CT molecular complexity index is 478. The predicted octanol–water partition coefficient (Wildman–Crippen LogP) is 3.72. The summed E-state index contributed by atoms with van der Waals surface area (Å²) in [7, 11) is 0. The molecule has 1 heterocycles. The molecular formula is C13H15NO2S. The van der Waals surface area contributed by atoms with Crippen molar-refractivity contribution in [2.45, 2.75) is 20.8 Å². The largest absolute Gasteiger partial charge is 0.478 e. The first-order chi connectivity index (χ1) is 8.10. The minimum Gasteiger partial charge on any atom is -0.478 e. The molecule has 0 spiro atoms. The van der Waals surface area contributed by atoms with Crippen LogP contribution in [0.1, 0.15) is 35.5 Å². The van der Waals surface area contributed by atoms with E-state index in [0.29, 0.717) is 16.8 Å². The molecule has 3 nitrogen and oxygen atoms in total. The van der Waals surface area contributed by atoms with Crippen molar-refractivity contribution in [2.24, 2.45) is 0 Å². The second-order valence-corrected chi connectivity index (χ2v) is 4.38. The van der Waals surface area contributed by atoms with E-state index in [-0.39, 0.29) is 0 Å². The molecule has 0 saturated heterocycles. The molecule has 0 radical (unpaired) electrons. The minimum absolute atomic E-state index is 0.301. The van der Waals surface area contributed by atoms with Gasteiger partial charge in [0.2, 0.25) is 0 Å². The fourth-order valence-electron chi connectivity index (χ4n) is 1.31. The molecule has 0 amide bonds. The molecule has 0 saturated carbocycles. The SMILES string of the molecule is C/C=C\S/C(=C\C)c1cc(C(=O)O)c(C)cn1. The van der Waals surface area contributed by atoms with Gasteiger partial charge < -0.3 is 5.11 Å². The summed E-state index contributed by atoms with van der Waals surface area (Å²) < 4.78 is 0. The number of pyridine rings is 1. The van der Waals surface area contributed by atoms with Crippen LogP contribution in [-0.4, -0.2) is 16.1 Å². The number of carboxylic acid groups (broad SMARTS) is 1. The summed E-state index contributed by atoms with van der Waals surface area (Å²) in [5, 5.41) is 11.0. The van der Waals surface area contributed by atoms with Crippen LogP contribution >= 0.6 is 11.8 Å². The molecule has 0 fully saturated rings. The summed E-state index contributed by atoms with van der Waals surface area (Å²) in [6.45, 7) is 5.59. The standard InChI is InChI=1S/C13H15NO2S/c1-4-6-17-12(5-2)11-7-10(13(15)16)9(3)8-14-11/h4-8H,1-3H3,(H,15,16)/b6-4-,12-5-. The van der Waals surface area contributed by atoms with Crippen molar-refractivity contribution in [3.8, 4) is 0 Å². The van der Waals surface area contributed by atoms with E-state index in [1.54, 1.807) is 19.2 Å². The highest BCUT2D eigenvalue weighted by Gasteiger charge is 2.10. The third kappa shape index (κ3) is 3.46. The quantitative estimate of drug-likeness (QED) is 0.883. The Balaban J connectivity index is 3.14. The number of hydrogen-bond acceptors (Lipinski definition) is 3. The van der Waals surface area contributed by atoms with Crippen molar-refractivity contribution in [2.75, 3.05) is 0 Å². The van der Waals surface area contributed by atoms with Crippen LogP contribution in [0.2, 0.25) is 0 Å². The minimum atomic E-state index is -0.919. The van der Waals surface area contributed by atoms with Gasteiger partial charge in [-0.1, -0.05) is 23.9 Å². The first kappa shape index (κ1) is 13.5. The van der Waals surface area contributed by atoms with Gasteiger partial charge in [0.25, 0.3) is 0 Å². The number of aromatic carboxylic acids is 1. The molecule has 0 aliphatic carbocycles. The van der Waals surface area contributed by atoms with E-state index in [0.717, 1.165) is 4.91 Å². The van der Waals surface area contributed by atoms with Crippen LogP contribution in [0.4, 0.5) is 0 Å². The third-order valence-corrected chi connectivity index (χ3v) is 3.29. The van der Waals surface area contributed by atoms with Crippen LogP contribution in [0.15, 0.2) is 29.8 Å². The number of thioether (sulfide) groups is 1. The van der Waals surface area contributed by atoms with Gasteiger partial charge in [-0.2, -0.15) is 0 Å². The first-order valence-corrected chi connectivity index (χ1v) is 6.12. The number of rotatable bonds is 4. The Morgan fingerprint density at radius 2 is 2.18 bits per heavy atom. The second-order valence-electron chi connectivity index (χ2n) is 3.43. The van der Waals surface area contributed by atoms with Gasteiger partial charge in [-0.3, -0.25) is 4.98 Å². The number of carboxylic acids is 1. The molecule has 0 aromatic carbocycles. The number of aryl methyl sites for hydroxylation is 1. The maximum atomic E-state index is 11.0. The van der Waals surface area contributed by atoms with Gasteiger partial charge in [0.15, 0.2) is 0 Å². The van der Waals surface area contributed by atoms with Gasteiger partial charge in [0.1, 0.15) is 0 Å². The number of nitrogens with zero attached hydrogens (tertiary/aromatic N) is 1. The normalized spacial score (nSPS) is 12.1. The van der Waals surface area contributed by atoms with Crippen molar-refractivity contribution in [3.05, 3.63) is 46.6 Å². The lowest BCUT2D eigenvalue weighted by atomic mass is 10.1. The van der Waals surface area contributed by atoms with Crippen LogP contribution in [0.3, 0.4) is 0 Å². The summed E-state index contributed by atoms with van der Waals surface area (Å²) in [6.07, 6.45) is 5.45. The second kappa shape index (κ2) is 6.25. The van der Waals surface area contributed by atoms with Crippen molar-refractivity contribution in [3.63, 3.8) is 0 Å². The van der Waals surface area contributed by atoms with Gasteiger partial charge in [0.05, 0.1) is 11.3 Å². The van der Waals surface area contributed by atoms with Crippen LogP contribution < -0.4 is 0 Å². The molecular weight excluding hydrogens is 234 g/mol.